The van der Waals surface area contributed by atoms with Crippen LogP contribution in [-0.4, -0.2) is 4.98 Å². The van der Waals surface area contributed by atoms with Crippen LogP contribution in [-0.2, 0) is 0 Å². The van der Waals surface area contributed by atoms with Crippen molar-refractivity contribution in [3.63, 3.8) is 0 Å². The van der Waals surface area contributed by atoms with Crippen LogP contribution < -0.4 is 0 Å². The van der Waals surface area contributed by atoms with Gasteiger partial charge >= 0.3 is 0 Å². The molecule has 0 saturated carbocycles. The molecule has 2 nitrogen and oxygen atoms in total. The van der Waals surface area contributed by atoms with Gasteiger partial charge in [-0.3, -0.25) is 4.98 Å². The fourth-order valence-electron chi connectivity index (χ4n) is 1.56. The third-order valence-corrected chi connectivity index (χ3v) is 2.19. The first-order valence-corrected chi connectivity index (χ1v) is 4.16. The molecule has 0 spiro atoms. The number of aromatic nitrogens is 1. The molecule has 1 aromatic carbocycles. The van der Waals surface area contributed by atoms with Crippen LogP contribution >= 0.6 is 0 Å². The van der Waals surface area contributed by atoms with Gasteiger partial charge in [-0.1, -0.05) is 12.1 Å². The number of hydrogen-bond donors (Lipinski definition) is 0. The molecule has 0 amide bonds. The molecule has 0 bridgehead atoms. The highest BCUT2D eigenvalue weighted by Crippen LogP contribution is 2.28. The Labute approximate surface area is 75.2 Å². The minimum atomic E-state index is 0.883. The number of hydrogen-bond acceptors (Lipinski definition) is 2. The molecule has 2 heteroatoms. The zero-order valence-electron chi connectivity index (χ0n) is 6.90. The second-order valence-electron chi connectivity index (χ2n) is 2.98. The smallest absolute Gasteiger partial charge is 0.135 e. The summed E-state index contributed by atoms with van der Waals surface area (Å²) in [6.07, 6.45) is 3.54. The van der Waals surface area contributed by atoms with Gasteiger partial charge in [0.2, 0.25) is 0 Å². The van der Waals surface area contributed by atoms with Gasteiger partial charge in [-0.25, -0.2) is 0 Å². The molecule has 0 atom stereocenters. The van der Waals surface area contributed by atoms with Crippen molar-refractivity contribution < 1.29 is 4.42 Å². The van der Waals surface area contributed by atoms with Crippen LogP contribution in [0.2, 0.25) is 0 Å². The van der Waals surface area contributed by atoms with E-state index in [9.17, 15) is 0 Å². The van der Waals surface area contributed by atoms with Gasteiger partial charge in [-0.15, -0.1) is 0 Å². The Balaban J connectivity index is 2.57. The average molecular weight is 169 g/mol. The second kappa shape index (κ2) is 2.33. The molecular weight excluding hydrogens is 162 g/mol. The number of para-hydroxylation sites is 1. The minimum Gasteiger partial charge on any atom is -0.464 e. The van der Waals surface area contributed by atoms with Crippen LogP contribution in [0.5, 0.6) is 0 Å². The molecule has 3 rings (SSSR count). The molecule has 2 heterocycles. The molecule has 0 unspecified atom stereocenters. The summed E-state index contributed by atoms with van der Waals surface area (Å²) >= 11 is 0. The molecule has 13 heavy (non-hydrogen) atoms. The van der Waals surface area contributed by atoms with Gasteiger partial charge in [0, 0.05) is 17.1 Å². The third-order valence-electron chi connectivity index (χ3n) is 2.19. The summed E-state index contributed by atoms with van der Waals surface area (Å²) in [4.78, 5) is 4.29. The van der Waals surface area contributed by atoms with E-state index in [1.807, 2.05) is 30.3 Å². The Morgan fingerprint density at radius 2 is 2.00 bits per heavy atom. The predicted octanol–water partition coefficient (Wildman–Crippen LogP) is 2.93. The summed E-state index contributed by atoms with van der Waals surface area (Å²) in [5.41, 5.74) is 2.95. The first-order valence-electron chi connectivity index (χ1n) is 4.16. The molecule has 62 valence electrons. The number of rotatable bonds is 0. The number of fused-ring (bicyclic) bond motifs is 3. The van der Waals surface area contributed by atoms with Crippen LogP contribution in [0, 0.1) is 0 Å². The average Bonchev–Trinajstić information content (AvgIpc) is 2.65. The van der Waals surface area contributed by atoms with Crippen molar-refractivity contribution in [1.82, 2.24) is 4.98 Å². The zero-order valence-corrected chi connectivity index (χ0v) is 6.90. The van der Waals surface area contributed by atoms with Gasteiger partial charge in [0.05, 0.1) is 5.69 Å². The predicted molar refractivity (Wildman–Crippen MR) is 50.6 cm³/mol. The van der Waals surface area contributed by atoms with E-state index in [0.29, 0.717) is 0 Å². The van der Waals surface area contributed by atoms with Crippen molar-refractivity contribution in [2.45, 2.75) is 0 Å². The van der Waals surface area contributed by atoms with Crippen LogP contribution in [0.3, 0.4) is 0 Å². The maximum atomic E-state index is 5.44. The largest absolute Gasteiger partial charge is 0.464 e. The van der Waals surface area contributed by atoms with E-state index in [-0.39, 0.29) is 0 Å². The topological polar surface area (TPSA) is 26.0 Å². The van der Waals surface area contributed by atoms with Gasteiger partial charge in [0.15, 0.2) is 0 Å². The van der Waals surface area contributed by atoms with E-state index in [1.165, 1.54) is 0 Å². The molecule has 1 aromatic rings. The molecule has 0 radical (unpaired) electrons. The first kappa shape index (κ1) is 6.66. The normalized spacial score (nSPS) is 11.1. The van der Waals surface area contributed by atoms with Crippen molar-refractivity contribution >= 4 is 11.0 Å². The standard InChI is InChI=1S/C11H7NO/c1-2-4-10-9(3-1)11-8(7-13-10)5-6-12-11/h1-7H. The van der Waals surface area contributed by atoms with Gasteiger partial charge in [0.25, 0.3) is 0 Å². The molecule has 0 saturated heterocycles. The second-order valence-corrected chi connectivity index (χ2v) is 2.98. The van der Waals surface area contributed by atoms with Gasteiger partial charge < -0.3 is 4.42 Å². The molecule has 0 aromatic heterocycles. The Hall–Kier alpha value is -1.83. The van der Waals surface area contributed by atoms with E-state index in [2.05, 4.69) is 4.98 Å². The van der Waals surface area contributed by atoms with Crippen molar-refractivity contribution in [1.29, 1.82) is 0 Å². The molecular formula is C11H7NO. The summed E-state index contributed by atoms with van der Waals surface area (Å²) in [5.74, 6) is 0. The molecule has 0 fully saturated rings. The number of nitrogens with zero attached hydrogens (tertiary/aromatic N) is 1. The molecule has 0 aliphatic carbocycles. The van der Waals surface area contributed by atoms with Gasteiger partial charge in [-0.05, 0) is 18.2 Å². The Morgan fingerprint density at radius 3 is 3.00 bits per heavy atom. The van der Waals surface area contributed by atoms with E-state index >= 15 is 0 Å². The van der Waals surface area contributed by atoms with Crippen molar-refractivity contribution in [3.8, 4) is 11.3 Å². The highest BCUT2D eigenvalue weighted by molar-refractivity contribution is 5.91. The molecule has 0 N–H and O–H groups in total. The lowest BCUT2D eigenvalue weighted by molar-refractivity contribution is 0.605. The zero-order chi connectivity index (χ0) is 8.67. The first-order chi connectivity index (χ1) is 6.45. The summed E-state index contributed by atoms with van der Waals surface area (Å²) in [6.45, 7) is 0. The fourth-order valence-corrected chi connectivity index (χ4v) is 1.56. The third kappa shape index (κ3) is 0.855. The van der Waals surface area contributed by atoms with Crippen molar-refractivity contribution in [2.24, 2.45) is 0 Å². The van der Waals surface area contributed by atoms with E-state index in [4.69, 9.17) is 4.42 Å². The Bertz CT molecular complexity index is 527. The summed E-state index contributed by atoms with van der Waals surface area (Å²) in [7, 11) is 0. The lowest BCUT2D eigenvalue weighted by atomic mass is 10.1. The summed E-state index contributed by atoms with van der Waals surface area (Å²) < 4.78 is 5.44. The molecule has 2 aliphatic heterocycles. The van der Waals surface area contributed by atoms with Crippen molar-refractivity contribution in [3.05, 3.63) is 42.8 Å². The van der Waals surface area contributed by atoms with E-state index in [0.717, 1.165) is 22.2 Å². The highest BCUT2D eigenvalue weighted by Gasteiger charge is 2.08. The Morgan fingerprint density at radius 1 is 1.08 bits per heavy atom. The van der Waals surface area contributed by atoms with Crippen LogP contribution in [0.1, 0.15) is 0 Å². The number of benzene rings is 1. The minimum absolute atomic E-state index is 0.883. The van der Waals surface area contributed by atoms with Crippen LogP contribution in [0.4, 0.5) is 0 Å². The van der Waals surface area contributed by atoms with Crippen molar-refractivity contribution in [2.75, 3.05) is 0 Å². The maximum Gasteiger partial charge on any atom is 0.135 e. The van der Waals surface area contributed by atoms with Gasteiger partial charge in [0.1, 0.15) is 11.8 Å². The van der Waals surface area contributed by atoms with Crippen LogP contribution in [0.25, 0.3) is 22.2 Å². The van der Waals surface area contributed by atoms with E-state index < -0.39 is 0 Å². The van der Waals surface area contributed by atoms with Crippen LogP contribution in [0.15, 0.2) is 47.2 Å². The Kier molecular flexibility index (Phi) is 1.19. The quantitative estimate of drug-likeness (QED) is 0.517. The maximum absolute atomic E-state index is 5.44. The summed E-state index contributed by atoms with van der Waals surface area (Å²) in [5, 5.41) is 1.07. The lowest BCUT2D eigenvalue weighted by Crippen LogP contribution is -1.79. The highest BCUT2D eigenvalue weighted by atomic mass is 16.3. The fraction of sp³-hybridized carbons (Fsp3) is 0. The SMILES string of the molecule is c1ccc2c3nccc-3coc2c1. The van der Waals surface area contributed by atoms with E-state index in [1.54, 1.807) is 12.5 Å². The van der Waals surface area contributed by atoms with Gasteiger partial charge in [-0.2, -0.15) is 0 Å². The monoisotopic (exact) mass is 169 g/mol. The summed E-state index contributed by atoms with van der Waals surface area (Å²) in [6, 6.07) is 9.87. The molecule has 2 aliphatic rings. The lowest BCUT2D eigenvalue weighted by Gasteiger charge is -2.01.